The van der Waals surface area contributed by atoms with Crippen LogP contribution in [-0.2, 0) is 6.54 Å². The van der Waals surface area contributed by atoms with E-state index in [2.05, 4.69) is 5.32 Å². The second kappa shape index (κ2) is 6.06. The SMILES string of the molecule is Cc1cc(CNC(C)c2ccc(F)cc2)cc(C)c1O. The molecule has 2 N–H and O–H groups in total. The zero-order chi connectivity index (χ0) is 14.7. The Morgan fingerprint density at radius 3 is 2.20 bits per heavy atom. The monoisotopic (exact) mass is 273 g/mol. The summed E-state index contributed by atoms with van der Waals surface area (Å²) in [6.07, 6.45) is 0. The molecule has 0 bridgehead atoms. The molecule has 20 heavy (non-hydrogen) atoms. The summed E-state index contributed by atoms with van der Waals surface area (Å²) in [5, 5.41) is 13.2. The molecular weight excluding hydrogens is 253 g/mol. The maximum Gasteiger partial charge on any atom is 0.123 e. The second-order valence-corrected chi connectivity index (χ2v) is 5.23. The molecule has 0 aliphatic carbocycles. The first-order chi connectivity index (χ1) is 9.47. The van der Waals surface area contributed by atoms with Crippen LogP contribution in [0.15, 0.2) is 36.4 Å². The maximum atomic E-state index is 12.9. The van der Waals surface area contributed by atoms with E-state index < -0.39 is 0 Å². The van der Waals surface area contributed by atoms with Crippen LogP contribution in [-0.4, -0.2) is 5.11 Å². The van der Waals surface area contributed by atoms with E-state index in [4.69, 9.17) is 0 Å². The van der Waals surface area contributed by atoms with Crippen LogP contribution >= 0.6 is 0 Å². The Morgan fingerprint density at radius 2 is 1.65 bits per heavy atom. The average molecular weight is 273 g/mol. The largest absolute Gasteiger partial charge is 0.507 e. The van der Waals surface area contributed by atoms with Crippen LogP contribution in [0.2, 0.25) is 0 Å². The van der Waals surface area contributed by atoms with Crippen LogP contribution in [0, 0.1) is 19.7 Å². The van der Waals surface area contributed by atoms with Crippen molar-refractivity contribution in [3.05, 3.63) is 64.5 Å². The summed E-state index contributed by atoms with van der Waals surface area (Å²) in [6.45, 7) is 6.55. The first-order valence-electron chi connectivity index (χ1n) is 6.75. The predicted octanol–water partition coefficient (Wildman–Crippen LogP) is 4.00. The average Bonchev–Trinajstić information content (AvgIpc) is 2.42. The smallest absolute Gasteiger partial charge is 0.123 e. The van der Waals surface area contributed by atoms with Gasteiger partial charge < -0.3 is 10.4 Å². The standard InChI is InChI=1S/C17H20FNO/c1-11-8-14(9-12(2)17(11)20)10-19-13(3)15-4-6-16(18)7-5-15/h4-9,13,19-20H,10H2,1-3H3. The second-order valence-electron chi connectivity index (χ2n) is 5.23. The third-order valence-corrected chi connectivity index (χ3v) is 3.53. The summed E-state index contributed by atoms with van der Waals surface area (Å²) in [5.74, 6) is 0.145. The minimum atomic E-state index is -0.217. The number of hydrogen-bond donors (Lipinski definition) is 2. The molecule has 0 aliphatic heterocycles. The van der Waals surface area contributed by atoms with Crippen molar-refractivity contribution in [3.63, 3.8) is 0 Å². The molecule has 0 aromatic heterocycles. The van der Waals surface area contributed by atoms with Crippen LogP contribution in [0.25, 0.3) is 0 Å². The Kier molecular flexibility index (Phi) is 4.40. The number of phenols is 1. The van der Waals surface area contributed by atoms with E-state index >= 15 is 0 Å². The lowest BCUT2D eigenvalue weighted by Gasteiger charge is -2.15. The number of benzene rings is 2. The molecule has 0 amide bonds. The Morgan fingerprint density at radius 1 is 1.10 bits per heavy atom. The van der Waals surface area contributed by atoms with Crippen molar-refractivity contribution in [2.45, 2.75) is 33.4 Å². The molecule has 0 aliphatic rings. The van der Waals surface area contributed by atoms with E-state index in [1.165, 1.54) is 12.1 Å². The Hall–Kier alpha value is -1.87. The minimum absolute atomic E-state index is 0.144. The molecule has 0 saturated heterocycles. The number of rotatable bonds is 4. The third-order valence-electron chi connectivity index (χ3n) is 3.53. The van der Waals surface area contributed by atoms with Crippen LogP contribution in [0.1, 0.15) is 35.2 Å². The Labute approximate surface area is 119 Å². The summed E-state index contributed by atoms with van der Waals surface area (Å²) in [7, 11) is 0. The number of halogens is 1. The van der Waals surface area contributed by atoms with Gasteiger partial charge in [-0.15, -0.1) is 0 Å². The van der Waals surface area contributed by atoms with E-state index in [-0.39, 0.29) is 11.9 Å². The van der Waals surface area contributed by atoms with E-state index in [0.29, 0.717) is 12.3 Å². The minimum Gasteiger partial charge on any atom is -0.507 e. The molecule has 2 nitrogen and oxygen atoms in total. The van der Waals surface area contributed by atoms with Crippen molar-refractivity contribution < 1.29 is 9.50 Å². The van der Waals surface area contributed by atoms with Crippen LogP contribution in [0.4, 0.5) is 4.39 Å². The molecule has 0 heterocycles. The van der Waals surface area contributed by atoms with Gasteiger partial charge in [-0.3, -0.25) is 0 Å². The van der Waals surface area contributed by atoms with Gasteiger partial charge in [0.15, 0.2) is 0 Å². The molecule has 0 spiro atoms. The van der Waals surface area contributed by atoms with Gasteiger partial charge in [-0.25, -0.2) is 4.39 Å². The van der Waals surface area contributed by atoms with Crippen molar-refractivity contribution >= 4 is 0 Å². The fourth-order valence-electron chi connectivity index (χ4n) is 2.29. The van der Waals surface area contributed by atoms with Gasteiger partial charge in [-0.1, -0.05) is 24.3 Å². The zero-order valence-electron chi connectivity index (χ0n) is 12.1. The maximum absolute atomic E-state index is 12.9. The number of phenolic OH excluding ortho intramolecular Hbond substituents is 1. The van der Waals surface area contributed by atoms with Gasteiger partial charge in [0.2, 0.25) is 0 Å². The molecule has 2 rings (SSSR count). The molecule has 0 radical (unpaired) electrons. The molecular formula is C17H20FNO. The number of aryl methyl sites for hydroxylation is 2. The van der Waals surface area contributed by atoms with Gasteiger partial charge in [0.25, 0.3) is 0 Å². The summed E-state index contributed by atoms with van der Waals surface area (Å²) in [4.78, 5) is 0. The summed E-state index contributed by atoms with van der Waals surface area (Å²) in [6, 6.07) is 10.6. The highest BCUT2D eigenvalue weighted by molar-refractivity contribution is 5.42. The highest BCUT2D eigenvalue weighted by atomic mass is 19.1. The van der Waals surface area contributed by atoms with Crippen LogP contribution in [0.5, 0.6) is 5.75 Å². The quantitative estimate of drug-likeness (QED) is 0.882. The first kappa shape index (κ1) is 14.5. The van der Waals surface area contributed by atoms with E-state index in [1.807, 2.05) is 32.9 Å². The molecule has 1 unspecified atom stereocenters. The third kappa shape index (κ3) is 3.36. The fourth-order valence-corrected chi connectivity index (χ4v) is 2.29. The zero-order valence-corrected chi connectivity index (χ0v) is 12.1. The van der Waals surface area contributed by atoms with Crippen molar-refractivity contribution in [2.75, 3.05) is 0 Å². The van der Waals surface area contributed by atoms with Crippen LogP contribution < -0.4 is 5.32 Å². The normalized spacial score (nSPS) is 12.4. The summed E-state index contributed by atoms with van der Waals surface area (Å²) < 4.78 is 12.9. The molecule has 0 saturated carbocycles. The van der Waals surface area contributed by atoms with Gasteiger partial charge in [0.1, 0.15) is 11.6 Å². The lowest BCUT2D eigenvalue weighted by Crippen LogP contribution is -2.18. The molecule has 0 fully saturated rings. The Balaban J connectivity index is 2.03. The van der Waals surface area contributed by atoms with E-state index in [1.54, 1.807) is 12.1 Å². The van der Waals surface area contributed by atoms with E-state index in [9.17, 15) is 9.50 Å². The van der Waals surface area contributed by atoms with Gasteiger partial charge in [-0.05, 0) is 55.2 Å². The lowest BCUT2D eigenvalue weighted by molar-refractivity contribution is 0.466. The molecule has 2 aromatic carbocycles. The van der Waals surface area contributed by atoms with Gasteiger partial charge in [0.05, 0.1) is 0 Å². The van der Waals surface area contributed by atoms with Gasteiger partial charge >= 0.3 is 0 Å². The molecule has 2 aromatic rings. The highest BCUT2D eigenvalue weighted by Crippen LogP contribution is 2.23. The van der Waals surface area contributed by atoms with Crippen LogP contribution in [0.3, 0.4) is 0 Å². The fraction of sp³-hybridized carbons (Fsp3) is 0.294. The number of nitrogens with one attached hydrogen (secondary N) is 1. The molecule has 106 valence electrons. The van der Waals surface area contributed by atoms with Crippen molar-refractivity contribution in [3.8, 4) is 5.75 Å². The molecule has 1 atom stereocenters. The summed E-state index contributed by atoms with van der Waals surface area (Å²) in [5.41, 5.74) is 3.96. The number of hydrogen-bond acceptors (Lipinski definition) is 2. The van der Waals surface area contributed by atoms with Crippen molar-refractivity contribution in [1.29, 1.82) is 0 Å². The summed E-state index contributed by atoms with van der Waals surface area (Å²) >= 11 is 0. The number of aromatic hydroxyl groups is 1. The topological polar surface area (TPSA) is 32.3 Å². The molecule has 3 heteroatoms. The predicted molar refractivity (Wildman–Crippen MR) is 79.2 cm³/mol. The lowest BCUT2D eigenvalue weighted by atomic mass is 10.0. The van der Waals surface area contributed by atoms with Crippen molar-refractivity contribution in [1.82, 2.24) is 5.32 Å². The van der Waals surface area contributed by atoms with Crippen molar-refractivity contribution in [2.24, 2.45) is 0 Å². The van der Waals surface area contributed by atoms with Gasteiger partial charge in [0, 0.05) is 12.6 Å². The highest BCUT2D eigenvalue weighted by Gasteiger charge is 2.07. The van der Waals surface area contributed by atoms with E-state index in [0.717, 1.165) is 22.3 Å². The first-order valence-corrected chi connectivity index (χ1v) is 6.75. The van der Waals surface area contributed by atoms with Gasteiger partial charge in [-0.2, -0.15) is 0 Å². The Bertz CT molecular complexity index is 569.